The van der Waals surface area contributed by atoms with Gasteiger partial charge in [-0.25, -0.2) is 4.57 Å². The number of likely N-dealkylation sites (N-methyl/N-ethyl adjacent to an activating group) is 1. The van der Waals surface area contributed by atoms with E-state index < -0.39 is 0 Å². The second-order valence-electron chi connectivity index (χ2n) is 9.96. The number of rotatable bonds is 14. The van der Waals surface area contributed by atoms with Gasteiger partial charge in [0.25, 0.3) is 0 Å². The summed E-state index contributed by atoms with van der Waals surface area (Å²) in [5, 5.41) is 23.6. The van der Waals surface area contributed by atoms with Gasteiger partial charge in [0.05, 0.1) is 24.5 Å². The summed E-state index contributed by atoms with van der Waals surface area (Å²) < 4.78 is 16.4. The lowest BCUT2D eigenvalue weighted by Gasteiger charge is -2.19. The number of benzene rings is 2. The summed E-state index contributed by atoms with van der Waals surface area (Å²) in [5.41, 5.74) is 3.78. The Hall–Kier alpha value is -3.52. The van der Waals surface area contributed by atoms with Crippen molar-refractivity contribution in [2.75, 3.05) is 26.8 Å². The molecule has 0 bridgehead atoms. The van der Waals surface area contributed by atoms with Gasteiger partial charge >= 0.3 is 6.01 Å². The number of aromatic hydroxyl groups is 1. The lowest BCUT2D eigenvalue weighted by molar-refractivity contribution is 0.292. The van der Waals surface area contributed by atoms with Crippen LogP contribution in [-0.4, -0.2) is 51.2 Å². The molecular formula is C30H41N5O3. The quantitative estimate of drug-likeness (QED) is 0.190. The van der Waals surface area contributed by atoms with Gasteiger partial charge in [-0.1, -0.05) is 45.6 Å². The van der Waals surface area contributed by atoms with Crippen molar-refractivity contribution in [3.8, 4) is 34.6 Å². The van der Waals surface area contributed by atoms with E-state index in [1.165, 1.54) is 0 Å². The van der Waals surface area contributed by atoms with Crippen LogP contribution in [0.15, 0.2) is 42.6 Å². The van der Waals surface area contributed by atoms with E-state index >= 15 is 0 Å². The van der Waals surface area contributed by atoms with Gasteiger partial charge in [-0.2, -0.15) is 0 Å². The maximum Gasteiger partial charge on any atom is 0.319 e. The minimum atomic E-state index is -0.164. The Balaban J connectivity index is 1.81. The van der Waals surface area contributed by atoms with Crippen molar-refractivity contribution in [3.63, 3.8) is 0 Å². The van der Waals surface area contributed by atoms with E-state index in [9.17, 15) is 5.11 Å². The second-order valence-corrected chi connectivity index (χ2v) is 9.96. The summed E-state index contributed by atoms with van der Waals surface area (Å²) in [6.45, 7) is 11.6. The highest BCUT2D eigenvalue weighted by atomic mass is 16.5. The molecule has 4 aromatic rings. The molecule has 4 rings (SSSR count). The highest BCUT2D eigenvalue weighted by Gasteiger charge is 2.23. The van der Waals surface area contributed by atoms with Crippen LogP contribution in [-0.2, 0) is 6.54 Å². The second kappa shape index (κ2) is 12.8. The summed E-state index contributed by atoms with van der Waals surface area (Å²) in [6.07, 6.45) is 6.12. The molecule has 0 saturated carbocycles. The smallest absolute Gasteiger partial charge is 0.319 e. The van der Waals surface area contributed by atoms with E-state index in [1.54, 1.807) is 4.57 Å². The molecule has 204 valence electrons. The van der Waals surface area contributed by atoms with Gasteiger partial charge in [0.2, 0.25) is 0 Å². The van der Waals surface area contributed by atoms with Gasteiger partial charge in [0, 0.05) is 36.3 Å². The summed E-state index contributed by atoms with van der Waals surface area (Å²) >= 11 is 0. The summed E-state index contributed by atoms with van der Waals surface area (Å²) in [6, 6.07) is 12.1. The number of ether oxygens (including phenoxy) is 2. The van der Waals surface area contributed by atoms with E-state index in [4.69, 9.17) is 9.47 Å². The molecule has 0 unspecified atom stereocenters. The molecule has 38 heavy (non-hydrogen) atoms. The van der Waals surface area contributed by atoms with Crippen molar-refractivity contribution in [3.05, 3.63) is 48.2 Å². The molecule has 2 N–H and O–H groups in total. The molecule has 2 heterocycles. The predicted molar refractivity (Wildman–Crippen MR) is 153 cm³/mol. The Labute approximate surface area is 225 Å². The third-order valence-corrected chi connectivity index (χ3v) is 6.75. The zero-order valence-electron chi connectivity index (χ0n) is 23.3. The fourth-order valence-corrected chi connectivity index (χ4v) is 4.54. The van der Waals surface area contributed by atoms with E-state index in [1.807, 2.05) is 19.2 Å². The number of unbranched alkanes of at least 4 members (excludes halogenated alkanes) is 2. The third-order valence-electron chi connectivity index (χ3n) is 6.75. The molecule has 0 aliphatic carbocycles. The summed E-state index contributed by atoms with van der Waals surface area (Å²) in [4.78, 5) is 0. The molecule has 0 aliphatic heterocycles. The Bertz CT molecular complexity index is 1340. The van der Waals surface area contributed by atoms with Crippen LogP contribution in [0.1, 0.15) is 64.9 Å². The number of aromatic nitrogens is 4. The Morgan fingerprint density at radius 1 is 0.947 bits per heavy atom. The van der Waals surface area contributed by atoms with Crippen LogP contribution in [0.3, 0.4) is 0 Å². The molecule has 0 atom stereocenters. The Morgan fingerprint density at radius 2 is 1.68 bits per heavy atom. The van der Waals surface area contributed by atoms with Gasteiger partial charge in [-0.3, -0.25) is 0 Å². The number of nitrogens with zero attached hydrogens (tertiary/aromatic N) is 4. The van der Waals surface area contributed by atoms with Crippen LogP contribution in [0.4, 0.5) is 0 Å². The topological polar surface area (TPSA) is 86.4 Å². The van der Waals surface area contributed by atoms with Crippen molar-refractivity contribution < 1.29 is 14.6 Å². The van der Waals surface area contributed by atoms with E-state index in [-0.39, 0.29) is 11.9 Å². The zero-order chi connectivity index (χ0) is 27.1. The molecule has 0 aliphatic rings. The number of hydrogen-bond acceptors (Lipinski definition) is 6. The van der Waals surface area contributed by atoms with Gasteiger partial charge in [0.1, 0.15) is 11.5 Å². The molecule has 8 heteroatoms. The zero-order valence-corrected chi connectivity index (χ0v) is 23.3. The van der Waals surface area contributed by atoms with Gasteiger partial charge in [-0.15, -0.1) is 5.10 Å². The van der Waals surface area contributed by atoms with E-state index in [0.29, 0.717) is 24.8 Å². The van der Waals surface area contributed by atoms with Crippen LogP contribution >= 0.6 is 0 Å². The molecular weight excluding hydrogens is 478 g/mol. The van der Waals surface area contributed by atoms with Crippen molar-refractivity contribution in [2.45, 2.75) is 65.8 Å². The van der Waals surface area contributed by atoms with Crippen LogP contribution in [0.5, 0.6) is 17.5 Å². The number of hydrogen-bond donors (Lipinski definition) is 2. The van der Waals surface area contributed by atoms with Gasteiger partial charge in [-0.05, 0) is 61.7 Å². The Morgan fingerprint density at radius 3 is 2.37 bits per heavy atom. The first-order valence-corrected chi connectivity index (χ1v) is 13.8. The highest BCUT2D eigenvalue weighted by molar-refractivity contribution is 5.83. The number of nitrogens with one attached hydrogen (secondary N) is 1. The standard InChI is InChI=1S/C30H41N5O3/c1-6-8-16-37-27-20-28(38-17-9-7-2)25(19-24(27)21(3)4)29-32-33-30(36)35(29)23-10-11-26-22(18-23)12-14-34(26)15-13-31-5/h10-12,14,18-21,31H,6-9,13,15-17H2,1-5H3,(H,33,36). The van der Waals surface area contributed by atoms with Crippen LogP contribution < -0.4 is 14.8 Å². The van der Waals surface area contributed by atoms with Gasteiger partial charge < -0.3 is 24.5 Å². The lowest BCUT2D eigenvalue weighted by atomic mass is 9.98. The highest BCUT2D eigenvalue weighted by Crippen LogP contribution is 2.40. The van der Waals surface area contributed by atoms with Crippen molar-refractivity contribution in [1.82, 2.24) is 24.6 Å². The Kier molecular flexibility index (Phi) is 9.29. The molecule has 0 fully saturated rings. The van der Waals surface area contributed by atoms with Crippen molar-refractivity contribution >= 4 is 10.9 Å². The first-order valence-electron chi connectivity index (χ1n) is 13.8. The summed E-state index contributed by atoms with van der Waals surface area (Å²) in [5.74, 6) is 2.28. The summed E-state index contributed by atoms with van der Waals surface area (Å²) in [7, 11) is 1.95. The van der Waals surface area contributed by atoms with Crippen LogP contribution in [0.25, 0.3) is 28.0 Å². The normalized spacial score (nSPS) is 11.5. The fourth-order valence-electron chi connectivity index (χ4n) is 4.54. The lowest BCUT2D eigenvalue weighted by Crippen LogP contribution is -2.14. The van der Waals surface area contributed by atoms with E-state index in [2.05, 4.69) is 78.2 Å². The molecule has 2 aromatic heterocycles. The molecule has 0 amide bonds. The van der Waals surface area contributed by atoms with Gasteiger partial charge in [0.15, 0.2) is 5.82 Å². The average Bonchev–Trinajstić information content (AvgIpc) is 3.50. The maximum atomic E-state index is 10.8. The fraction of sp³-hybridized carbons (Fsp3) is 0.467. The largest absolute Gasteiger partial charge is 0.493 e. The molecule has 0 spiro atoms. The van der Waals surface area contributed by atoms with Crippen LogP contribution in [0, 0.1) is 0 Å². The molecule has 2 aromatic carbocycles. The monoisotopic (exact) mass is 519 g/mol. The van der Waals surface area contributed by atoms with Crippen molar-refractivity contribution in [2.24, 2.45) is 0 Å². The van der Waals surface area contributed by atoms with Crippen molar-refractivity contribution in [1.29, 1.82) is 0 Å². The maximum absolute atomic E-state index is 10.8. The molecule has 8 nitrogen and oxygen atoms in total. The molecule has 0 radical (unpaired) electrons. The van der Waals surface area contributed by atoms with E-state index in [0.717, 1.165) is 72.2 Å². The third kappa shape index (κ3) is 5.96. The SMILES string of the molecule is CCCCOc1cc(OCCCC)c(C(C)C)cc1-c1nnc(O)n1-c1ccc2c(ccn2CCNC)c1. The first-order chi connectivity index (χ1) is 18.5. The predicted octanol–water partition coefficient (Wildman–Crippen LogP) is 6.30. The molecule has 0 saturated heterocycles. The minimum Gasteiger partial charge on any atom is -0.493 e. The number of fused-ring (bicyclic) bond motifs is 1. The average molecular weight is 520 g/mol. The first kappa shape index (κ1) is 27.5. The van der Waals surface area contributed by atoms with Crippen LogP contribution in [0.2, 0.25) is 0 Å². The minimum absolute atomic E-state index is 0.164.